The van der Waals surface area contributed by atoms with Crippen LogP contribution in [0, 0.1) is 0 Å². The summed E-state index contributed by atoms with van der Waals surface area (Å²) in [5.41, 5.74) is 19.0. The summed E-state index contributed by atoms with van der Waals surface area (Å²) in [4.78, 5) is 16.0. The summed E-state index contributed by atoms with van der Waals surface area (Å²) in [6, 6.07) is 78.2. The van der Waals surface area contributed by atoms with Crippen molar-refractivity contribution in [2.45, 2.75) is 0 Å². The third-order valence-corrected chi connectivity index (χ3v) is 11.3. The first-order valence-electron chi connectivity index (χ1n) is 20.5. The molecule has 0 bridgehead atoms. The van der Waals surface area contributed by atoms with E-state index in [1.54, 1.807) is 0 Å². The van der Waals surface area contributed by atoms with Crippen LogP contribution in [-0.4, -0.2) is 15.0 Å². The van der Waals surface area contributed by atoms with Gasteiger partial charge in [0.25, 0.3) is 0 Å². The van der Waals surface area contributed by atoms with Crippen LogP contribution >= 0.6 is 0 Å². The van der Waals surface area contributed by atoms with Gasteiger partial charge >= 0.3 is 0 Å². The first kappa shape index (κ1) is 35.9. The van der Waals surface area contributed by atoms with Crippen molar-refractivity contribution in [3.8, 4) is 89.6 Å². The molecule has 2 aromatic heterocycles. The Kier molecular flexibility index (Phi) is 9.14. The Labute approximate surface area is 354 Å². The van der Waals surface area contributed by atoms with Crippen molar-refractivity contribution >= 4 is 22.1 Å². The van der Waals surface area contributed by atoms with E-state index in [-0.39, 0.29) is 0 Å². The molecule has 9 aromatic carbocycles. The van der Waals surface area contributed by atoms with E-state index in [4.69, 9.17) is 14.4 Å². The van der Waals surface area contributed by atoms with Crippen LogP contribution in [0.15, 0.2) is 229 Å². The van der Waals surface area contributed by atoms with Gasteiger partial charge in [0.05, 0.1) is 22.4 Å². The Bertz CT molecular complexity index is 3290. The summed E-state index contributed by atoms with van der Waals surface area (Å²) < 4.78 is 6.04. The lowest BCUT2D eigenvalue weighted by Crippen LogP contribution is -1.99. The zero-order valence-electron chi connectivity index (χ0n) is 33.1. The highest BCUT2D eigenvalue weighted by molar-refractivity contribution is 6.03. The maximum atomic E-state index is 6.04. The van der Waals surface area contributed by atoms with Crippen molar-refractivity contribution in [2.75, 3.05) is 0 Å². The zero-order valence-corrected chi connectivity index (χ0v) is 33.1. The monoisotopic (exact) mass is 779 g/mol. The van der Waals surface area contributed by atoms with Crippen LogP contribution in [-0.2, 0) is 0 Å². The number of hydrogen-bond donors (Lipinski definition) is 0. The molecule has 0 aliphatic rings. The molecular weight excluding hydrogens is 743 g/mol. The van der Waals surface area contributed by atoms with Crippen molar-refractivity contribution < 1.29 is 4.42 Å². The molecule has 0 fully saturated rings. The fourth-order valence-corrected chi connectivity index (χ4v) is 8.22. The van der Waals surface area contributed by atoms with Gasteiger partial charge in [-0.25, -0.2) is 15.0 Å². The number of rotatable bonds is 8. The topological polar surface area (TPSA) is 51.8 Å². The number of oxazole rings is 1. The van der Waals surface area contributed by atoms with Crippen molar-refractivity contribution in [3.05, 3.63) is 224 Å². The maximum Gasteiger partial charge on any atom is 0.227 e. The van der Waals surface area contributed by atoms with Crippen LogP contribution in [0.1, 0.15) is 0 Å². The molecule has 0 unspecified atom stereocenters. The minimum absolute atomic E-state index is 0.615. The van der Waals surface area contributed by atoms with E-state index < -0.39 is 0 Å². The molecule has 286 valence electrons. The Balaban J connectivity index is 1.06. The van der Waals surface area contributed by atoms with Gasteiger partial charge < -0.3 is 4.42 Å². The largest absolute Gasteiger partial charge is 0.436 e. The second kappa shape index (κ2) is 15.5. The summed E-state index contributed by atoms with van der Waals surface area (Å²) in [5, 5.41) is 0. The molecule has 2 heterocycles. The highest BCUT2D eigenvalue weighted by atomic mass is 16.3. The lowest BCUT2D eigenvalue weighted by atomic mass is 9.93. The van der Waals surface area contributed by atoms with Crippen LogP contribution in [0.25, 0.3) is 112 Å². The minimum atomic E-state index is 0.615. The fraction of sp³-hybridized carbons (Fsp3) is 0. The van der Waals surface area contributed by atoms with Gasteiger partial charge in [-0.05, 0) is 80.9 Å². The molecule has 0 radical (unpaired) electrons. The summed E-state index contributed by atoms with van der Waals surface area (Å²) in [7, 11) is 0. The van der Waals surface area contributed by atoms with Crippen molar-refractivity contribution in [1.29, 1.82) is 0 Å². The fourth-order valence-electron chi connectivity index (χ4n) is 8.22. The van der Waals surface area contributed by atoms with Gasteiger partial charge in [-0.3, -0.25) is 0 Å². The van der Waals surface area contributed by atoms with Crippen LogP contribution < -0.4 is 0 Å². The van der Waals surface area contributed by atoms with E-state index in [9.17, 15) is 0 Å². The average molecular weight is 780 g/mol. The van der Waals surface area contributed by atoms with Crippen molar-refractivity contribution in [3.63, 3.8) is 0 Å². The Morgan fingerprint density at radius 3 is 1.15 bits per heavy atom. The Morgan fingerprint density at radius 2 is 0.639 bits per heavy atom. The van der Waals surface area contributed by atoms with Gasteiger partial charge in [-0.2, -0.15) is 0 Å². The summed E-state index contributed by atoms with van der Waals surface area (Å²) in [6.07, 6.45) is 0. The molecule has 4 heteroatoms. The van der Waals surface area contributed by atoms with Crippen molar-refractivity contribution in [2.24, 2.45) is 0 Å². The predicted molar refractivity (Wildman–Crippen MR) is 251 cm³/mol. The van der Waals surface area contributed by atoms with Gasteiger partial charge in [-0.15, -0.1) is 0 Å². The summed E-state index contributed by atoms with van der Waals surface area (Å²) >= 11 is 0. The van der Waals surface area contributed by atoms with Gasteiger partial charge in [0, 0.05) is 27.8 Å². The number of para-hydroxylation sites is 2. The Morgan fingerprint density at radius 1 is 0.262 bits per heavy atom. The molecule has 0 saturated carbocycles. The van der Waals surface area contributed by atoms with E-state index in [2.05, 4.69) is 199 Å². The van der Waals surface area contributed by atoms with E-state index in [1.165, 1.54) is 11.1 Å². The molecule has 0 amide bonds. The van der Waals surface area contributed by atoms with E-state index in [0.717, 1.165) is 94.7 Å². The highest BCUT2D eigenvalue weighted by Crippen LogP contribution is 2.41. The molecule has 0 saturated heterocycles. The van der Waals surface area contributed by atoms with Gasteiger partial charge in [0.15, 0.2) is 5.58 Å². The molecule has 0 spiro atoms. The zero-order chi connectivity index (χ0) is 40.5. The second-order valence-electron chi connectivity index (χ2n) is 15.2. The number of aromatic nitrogens is 3. The molecule has 0 N–H and O–H groups in total. The molecule has 0 aliphatic carbocycles. The lowest BCUT2D eigenvalue weighted by Gasteiger charge is -2.17. The summed E-state index contributed by atoms with van der Waals surface area (Å²) in [5.74, 6) is 0.615. The minimum Gasteiger partial charge on any atom is -0.436 e. The third kappa shape index (κ3) is 6.96. The molecule has 0 atom stereocenters. The number of benzene rings is 9. The number of fused-ring (bicyclic) bond motifs is 2. The van der Waals surface area contributed by atoms with Crippen LogP contribution in [0.3, 0.4) is 0 Å². The average Bonchev–Trinajstić information content (AvgIpc) is 3.79. The first-order valence-corrected chi connectivity index (χ1v) is 20.5. The van der Waals surface area contributed by atoms with Crippen LogP contribution in [0.5, 0.6) is 0 Å². The molecule has 61 heavy (non-hydrogen) atoms. The summed E-state index contributed by atoms with van der Waals surface area (Å²) in [6.45, 7) is 0. The van der Waals surface area contributed by atoms with Gasteiger partial charge in [-0.1, -0.05) is 188 Å². The third-order valence-electron chi connectivity index (χ3n) is 11.3. The van der Waals surface area contributed by atoms with E-state index in [1.807, 2.05) is 30.3 Å². The Hall–Kier alpha value is -8.21. The molecule has 11 rings (SSSR count). The predicted octanol–water partition coefficient (Wildman–Crippen LogP) is 15.1. The standard InChI is InChI=1S/C57H37N3O/c1-4-14-38(15-5-1)45-20-12-22-47(36-45)49-34-35-50(48-23-13-21-46(37-48)39-16-6-2-7-17-39)56-55(49)59-53(42-18-8-3-9-19-42)54(60-56)43-30-26-40(27-31-43)41-28-32-44(33-29-41)57-58-51-24-10-11-25-52(51)61-57/h1-37H. The van der Waals surface area contributed by atoms with Crippen molar-refractivity contribution in [1.82, 2.24) is 15.0 Å². The van der Waals surface area contributed by atoms with Crippen LogP contribution in [0.4, 0.5) is 0 Å². The molecule has 11 aromatic rings. The van der Waals surface area contributed by atoms with E-state index >= 15 is 0 Å². The van der Waals surface area contributed by atoms with Gasteiger partial charge in [0.1, 0.15) is 5.52 Å². The first-order chi connectivity index (χ1) is 30.2. The molecule has 0 aliphatic heterocycles. The molecule has 4 nitrogen and oxygen atoms in total. The molecular formula is C57H37N3O. The quantitative estimate of drug-likeness (QED) is 0.154. The second-order valence-corrected chi connectivity index (χ2v) is 15.2. The number of nitrogens with zero attached hydrogens (tertiary/aromatic N) is 3. The lowest BCUT2D eigenvalue weighted by molar-refractivity contribution is 0.620. The normalized spacial score (nSPS) is 11.3. The van der Waals surface area contributed by atoms with E-state index in [0.29, 0.717) is 5.89 Å². The smallest absolute Gasteiger partial charge is 0.227 e. The van der Waals surface area contributed by atoms with Crippen LogP contribution in [0.2, 0.25) is 0 Å². The van der Waals surface area contributed by atoms with Gasteiger partial charge in [0.2, 0.25) is 5.89 Å². The number of hydrogen-bond acceptors (Lipinski definition) is 4. The highest BCUT2D eigenvalue weighted by Gasteiger charge is 2.20. The maximum absolute atomic E-state index is 6.04. The SMILES string of the molecule is c1ccc(-c2cccc(-c3ccc(-c4cccc(-c5ccccc5)c4)c4nc(-c5ccc(-c6ccc(-c7nc8ccccc8o7)cc6)cc5)c(-c5ccccc5)nc34)c2)cc1.